The number of carbonyl (C=O) groups excluding carboxylic acids is 2. The number of carbonyl (C=O) groups is 2. The molecule has 0 aliphatic heterocycles. The van der Waals surface area contributed by atoms with Crippen LogP contribution in [-0.2, 0) is 4.79 Å². The topological polar surface area (TPSA) is 96.8 Å². The summed E-state index contributed by atoms with van der Waals surface area (Å²) in [4.78, 5) is 26.5. The lowest BCUT2D eigenvalue weighted by Crippen LogP contribution is -2.22. The predicted octanol–water partition coefficient (Wildman–Crippen LogP) is 1.43. The third-order valence-corrected chi connectivity index (χ3v) is 3.49. The maximum atomic E-state index is 11.3. The molecule has 0 aromatic carbocycles. The average Bonchev–Trinajstić information content (AvgIpc) is 2.28. The maximum absolute atomic E-state index is 11.3. The van der Waals surface area contributed by atoms with Crippen molar-refractivity contribution in [1.82, 2.24) is 4.98 Å². The van der Waals surface area contributed by atoms with E-state index < -0.39 is 11.2 Å². The van der Waals surface area contributed by atoms with Crippen LogP contribution >= 0.6 is 11.8 Å². The molecule has 0 spiro atoms. The molecule has 1 aromatic rings. The Labute approximate surface area is 109 Å². The van der Waals surface area contributed by atoms with Crippen LogP contribution in [0.4, 0.5) is 0 Å². The van der Waals surface area contributed by atoms with E-state index in [4.69, 9.17) is 11.0 Å². The number of amides is 1. The molecule has 5 nitrogen and oxygen atoms in total. The highest BCUT2D eigenvalue weighted by atomic mass is 32.2. The minimum Gasteiger partial charge on any atom is -0.369 e. The Morgan fingerprint density at radius 3 is 2.61 bits per heavy atom. The summed E-state index contributed by atoms with van der Waals surface area (Å²) in [6, 6.07) is 3.48. The van der Waals surface area contributed by atoms with Crippen LogP contribution in [0.25, 0.3) is 0 Å². The number of Topliss-reactive ketones (excluding diaryl/α,β-unsaturated/α-hetero) is 1. The Morgan fingerprint density at radius 1 is 1.56 bits per heavy atom. The van der Waals surface area contributed by atoms with Gasteiger partial charge in [0, 0.05) is 11.3 Å². The van der Waals surface area contributed by atoms with Crippen molar-refractivity contribution in [1.29, 1.82) is 5.26 Å². The molecule has 0 fully saturated rings. The SMILES string of the molecule is CC(=O)c1cc(C#N)c(SC(C)C(N)=O)nc1C. The quantitative estimate of drug-likeness (QED) is 0.654. The van der Waals surface area contributed by atoms with Crippen molar-refractivity contribution in [2.75, 3.05) is 0 Å². The molecule has 2 N–H and O–H groups in total. The first-order valence-corrected chi connectivity index (χ1v) is 6.13. The highest BCUT2D eigenvalue weighted by Gasteiger charge is 2.17. The maximum Gasteiger partial charge on any atom is 0.230 e. The largest absolute Gasteiger partial charge is 0.369 e. The molecule has 18 heavy (non-hydrogen) atoms. The molecule has 94 valence electrons. The number of nitriles is 1. The molecule has 1 unspecified atom stereocenters. The number of aryl methyl sites for hydroxylation is 1. The summed E-state index contributed by atoms with van der Waals surface area (Å²) in [5.74, 6) is -0.616. The van der Waals surface area contributed by atoms with Gasteiger partial charge in [0.1, 0.15) is 11.1 Å². The first-order valence-electron chi connectivity index (χ1n) is 5.25. The number of pyridine rings is 1. The average molecular weight is 263 g/mol. The van der Waals surface area contributed by atoms with Gasteiger partial charge in [0.15, 0.2) is 5.78 Å². The second-order valence-corrected chi connectivity index (χ2v) is 5.13. The molecule has 0 radical (unpaired) electrons. The molecule has 1 heterocycles. The van der Waals surface area contributed by atoms with Gasteiger partial charge in [-0.3, -0.25) is 9.59 Å². The first-order chi connectivity index (χ1) is 8.36. The number of nitrogens with zero attached hydrogens (tertiary/aromatic N) is 2. The van der Waals surface area contributed by atoms with Crippen molar-refractivity contribution >= 4 is 23.5 Å². The van der Waals surface area contributed by atoms with Crippen molar-refractivity contribution < 1.29 is 9.59 Å². The van der Waals surface area contributed by atoms with Gasteiger partial charge in [-0.15, -0.1) is 0 Å². The molecule has 6 heteroatoms. The van der Waals surface area contributed by atoms with Gasteiger partial charge in [-0.2, -0.15) is 5.26 Å². The van der Waals surface area contributed by atoms with Crippen LogP contribution in [0.15, 0.2) is 11.1 Å². The molecular weight excluding hydrogens is 250 g/mol. The number of rotatable bonds is 4. The molecule has 0 saturated carbocycles. The van der Waals surface area contributed by atoms with Gasteiger partial charge in [0.25, 0.3) is 0 Å². The predicted molar refractivity (Wildman–Crippen MR) is 68.2 cm³/mol. The van der Waals surface area contributed by atoms with Crippen LogP contribution < -0.4 is 5.73 Å². The Morgan fingerprint density at radius 2 is 2.17 bits per heavy atom. The fourth-order valence-electron chi connectivity index (χ4n) is 1.34. The van der Waals surface area contributed by atoms with Crippen LogP contribution in [0.1, 0.15) is 35.5 Å². The lowest BCUT2D eigenvalue weighted by Gasteiger charge is -2.10. The Bertz CT molecular complexity index is 549. The highest BCUT2D eigenvalue weighted by molar-refractivity contribution is 8.00. The zero-order chi connectivity index (χ0) is 13.9. The van der Waals surface area contributed by atoms with Crippen molar-refractivity contribution in [3.8, 4) is 6.07 Å². The minimum atomic E-state index is -0.479. The molecule has 1 aromatic heterocycles. The van der Waals surface area contributed by atoms with Gasteiger partial charge in [0.2, 0.25) is 5.91 Å². The summed E-state index contributed by atoms with van der Waals surface area (Å²) in [6.07, 6.45) is 0. The Balaban J connectivity index is 3.22. The number of hydrogen-bond acceptors (Lipinski definition) is 5. The van der Waals surface area contributed by atoms with Gasteiger partial charge in [-0.1, -0.05) is 11.8 Å². The smallest absolute Gasteiger partial charge is 0.230 e. The van der Waals surface area contributed by atoms with E-state index in [1.54, 1.807) is 13.8 Å². The summed E-state index contributed by atoms with van der Waals surface area (Å²) in [6.45, 7) is 4.75. The molecule has 1 atom stereocenters. The van der Waals surface area contributed by atoms with Crippen LogP contribution in [0.2, 0.25) is 0 Å². The third-order valence-electron chi connectivity index (χ3n) is 2.37. The standard InChI is InChI=1S/C12H13N3O2S/c1-6-10(7(2)16)4-9(5-13)12(15-6)18-8(3)11(14)17/h4,8H,1-3H3,(H2,14,17). The zero-order valence-electron chi connectivity index (χ0n) is 10.4. The van der Waals surface area contributed by atoms with Crippen molar-refractivity contribution in [2.24, 2.45) is 5.73 Å². The van der Waals surface area contributed by atoms with Gasteiger partial charge in [-0.05, 0) is 26.8 Å². The van der Waals surface area contributed by atoms with Gasteiger partial charge < -0.3 is 5.73 Å². The number of nitrogens with two attached hydrogens (primary N) is 1. The second kappa shape index (κ2) is 5.65. The number of aromatic nitrogens is 1. The molecule has 0 aliphatic carbocycles. The molecule has 1 rings (SSSR count). The van der Waals surface area contributed by atoms with E-state index in [2.05, 4.69) is 4.98 Å². The lowest BCUT2D eigenvalue weighted by atomic mass is 10.1. The third kappa shape index (κ3) is 3.08. The first kappa shape index (κ1) is 14.2. The summed E-state index contributed by atoms with van der Waals surface area (Å²) in [5, 5.41) is 8.98. The van der Waals surface area contributed by atoms with Crippen molar-refractivity contribution in [3.63, 3.8) is 0 Å². The second-order valence-electron chi connectivity index (χ2n) is 3.80. The van der Waals surface area contributed by atoms with Gasteiger partial charge >= 0.3 is 0 Å². The van der Waals surface area contributed by atoms with Gasteiger partial charge in [-0.25, -0.2) is 4.98 Å². The normalized spacial score (nSPS) is 11.7. The number of thioether (sulfide) groups is 1. The van der Waals surface area contributed by atoms with E-state index in [0.29, 0.717) is 16.3 Å². The number of ketones is 1. The molecular formula is C12H13N3O2S. The van der Waals surface area contributed by atoms with E-state index in [9.17, 15) is 9.59 Å². The summed E-state index contributed by atoms with van der Waals surface area (Å²) in [5.41, 5.74) is 6.41. The van der Waals surface area contributed by atoms with Gasteiger partial charge in [0.05, 0.1) is 10.8 Å². The summed E-state index contributed by atoms with van der Waals surface area (Å²) < 4.78 is 0. The van der Waals surface area contributed by atoms with E-state index in [1.807, 2.05) is 6.07 Å². The van der Waals surface area contributed by atoms with Crippen molar-refractivity contribution in [3.05, 3.63) is 22.9 Å². The highest BCUT2D eigenvalue weighted by Crippen LogP contribution is 2.26. The Kier molecular flexibility index (Phi) is 4.45. The number of hydrogen-bond donors (Lipinski definition) is 1. The lowest BCUT2D eigenvalue weighted by molar-refractivity contribution is -0.117. The number of primary amides is 1. The van der Waals surface area contributed by atoms with Crippen LogP contribution in [0, 0.1) is 18.3 Å². The fraction of sp³-hybridized carbons (Fsp3) is 0.333. The van der Waals surface area contributed by atoms with E-state index >= 15 is 0 Å². The minimum absolute atomic E-state index is 0.143. The fourth-order valence-corrected chi connectivity index (χ4v) is 2.21. The Hall–Kier alpha value is -1.87. The molecule has 0 bridgehead atoms. The summed E-state index contributed by atoms with van der Waals surface area (Å²) in [7, 11) is 0. The van der Waals surface area contributed by atoms with Crippen LogP contribution in [-0.4, -0.2) is 21.9 Å². The molecule has 0 aliphatic rings. The van der Waals surface area contributed by atoms with Crippen LogP contribution in [0.3, 0.4) is 0 Å². The van der Waals surface area contributed by atoms with Crippen LogP contribution in [0.5, 0.6) is 0 Å². The summed E-state index contributed by atoms with van der Waals surface area (Å²) >= 11 is 1.12. The van der Waals surface area contributed by atoms with E-state index in [-0.39, 0.29) is 11.3 Å². The van der Waals surface area contributed by atoms with Crippen molar-refractivity contribution in [2.45, 2.75) is 31.0 Å². The monoisotopic (exact) mass is 263 g/mol. The molecule has 1 amide bonds. The van der Waals surface area contributed by atoms with E-state index in [1.165, 1.54) is 13.0 Å². The van der Waals surface area contributed by atoms with E-state index in [0.717, 1.165) is 11.8 Å². The zero-order valence-corrected chi connectivity index (χ0v) is 11.2. The molecule has 0 saturated heterocycles.